The van der Waals surface area contributed by atoms with E-state index in [1.165, 1.54) is 12.1 Å². The van der Waals surface area contributed by atoms with Crippen LogP contribution in [0.25, 0.3) is 11.0 Å². The number of para-hydroxylation sites is 1. The summed E-state index contributed by atoms with van der Waals surface area (Å²) in [7, 11) is 0. The second-order valence-corrected chi connectivity index (χ2v) is 9.94. The number of benzene rings is 2. The second-order valence-electron chi connectivity index (χ2n) is 9.94. The highest BCUT2D eigenvalue weighted by molar-refractivity contribution is 6.04. The molecule has 1 aliphatic heterocycles. The maximum absolute atomic E-state index is 13.2. The number of imidazole rings is 1. The van der Waals surface area contributed by atoms with Crippen LogP contribution in [0.3, 0.4) is 0 Å². The molecule has 1 unspecified atom stereocenters. The molecular weight excluding hydrogens is 489 g/mol. The molecule has 1 saturated heterocycles. The zero-order valence-corrected chi connectivity index (χ0v) is 21.1. The SMILES string of the molecule is Cc1cccc2nc(NC(=O)c3cccc(C(F)(F)F)c3)n(C3COCCN(C(=O)OC(C)(C)C)C3)c12. The van der Waals surface area contributed by atoms with Gasteiger partial charge in [-0.05, 0) is 57.5 Å². The Morgan fingerprint density at radius 2 is 1.86 bits per heavy atom. The monoisotopic (exact) mass is 518 g/mol. The molecule has 0 bridgehead atoms. The Morgan fingerprint density at radius 1 is 1.14 bits per heavy atom. The highest BCUT2D eigenvalue weighted by atomic mass is 19.4. The Labute approximate surface area is 212 Å². The molecular formula is C26H29F3N4O4. The van der Waals surface area contributed by atoms with E-state index in [0.717, 1.165) is 23.2 Å². The van der Waals surface area contributed by atoms with Gasteiger partial charge in [0, 0.05) is 18.7 Å². The standard InChI is InChI=1S/C26H29F3N4O4/c1-16-7-5-10-20-21(16)33(19-14-32(11-12-36-15-19)24(35)37-25(2,3)4)23(30-20)31-22(34)17-8-6-9-18(13-17)26(27,28)29/h5-10,13,19H,11-12,14-15H2,1-4H3,(H,30,31,34). The zero-order chi connectivity index (χ0) is 27.0. The number of halogens is 3. The molecule has 0 saturated carbocycles. The fourth-order valence-electron chi connectivity index (χ4n) is 4.22. The Morgan fingerprint density at radius 3 is 2.57 bits per heavy atom. The second kappa shape index (κ2) is 10.0. The minimum atomic E-state index is -4.58. The van der Waals surface area contributed by atoms with Crippen molar-refractivity contribution in [2.75, 3.05) is 31.6 Å². The molecule has 2 heterocycles. The quantitative estimate of drug-likeness (QED) is 0.500. The molecule has 0 aliphatic carbocycles. The Balaban J connectivity index is 1.71. The number of carbonyl (C=O) groups excluding carboxylic acids is 2. The summed E-state index contributed by atoms with van der Waals surface area (Å²) < 4.78 is 52.7. The lowest BCUT2D eigenvalue weighted by molar-refractivity contribution is -0.137. The van der Waals surface area contributed by atoms with Crippen molar-refractivity contribution in [2.24, 2.45) is 0 Å². The van der Waals surface area contributed by atoms with Crippen LogP contribution in [0, 0.1) is 6.92 Å². The molecule has 1 atom stereocenters. The van der Waals surface area contributed by atoms with E-state index in [2.05, 4.69) is 10.3 Å². The van der Waals surface area contributed by atoms with Gasteiger partial charge in [-0.3, -0.25) is 10.1 Å². The third-order valence-corrected chi connectivity index (χ3v) is 5.85. The third-order valence-electron chi connectivity index (χ3n) is 5.85. The van der Waals surface area contributed by atoms with Crippen molar-refractivity contribution in [3.63, 3.8) is 0 Å². The molecule has 0 radical (unpaired) electrons. The summed E-state index contributed by atoms with van der Waals surface area (Å²) in [6.45, 7) is 8.31. The summed E-state index contributed by atoms with van der Waals surface area (Å²) in [5.41, 5.74) is 0.432. The fourth-order valence-corrected chi connectivity index (χ4v) is 4.22. The van der Waals surface area contributed by atoms with Crippen LogP contribution in [-0.2, 0) is 15.7 Å². The molecule has 37 heavy (non-hydrogen) atoms. The Hall–Kier alpha value is -3.60. The van der Waals surface area contributed by atoms with Crippen LogP contribution >= 0.6 is 0 Å². The van der Waals surface area contributed by atoms with Gasteiger partial charge in [0.15, 0.2) is 0 Å². The molecule has 4 rings (SSSR count). The van der Waals surface area contributed by atoms with Crippen LogP contribution in [0.2, 0.25) is 0 Å². The minimum absolute atomic E-state index is 0.145. The highest BCUT2D eigenvalue weighted by Crippen LogP contribution is 2.31. The molecule has 8 nitrogen and oxygen atoms in total. The molecule has 1 fully saturated rings. The maximum atomic E-state index is 13.2. The maximum Gasteiger partial charge on any atom is 0.416 e. The van der Waals surface area contributed by atoms with Gasteiger partial charge < -0.3 is 18.9 Å². The number of fused-ring (bicyclic) bond motifs is 1. The van der Waals surface area contributed by atoms with Crippen LogP contribution in [0.5, 0.6) is 0 Å². The van der Waals surface area contributed by atoms with Crippen LogP contribution in [0.4, 0.5) is 23.9 Å². The van der Waals surface area contributed by atoms with E-state index in [9.17, 15) is 22.8 Å². The van der Waals surface area contributed by atoms with E-state index in [1.807, 2.05) is 19.1 Å². The average Bonchev–Trinajstić information content (AvgIpc) is 2.99. The summed E-state index contributed by atoms with van der Waals surface area (Å²) in [5, 5.41) is 2.68. The lowest BCUT2D eigenvalue weighted by atomic mass is 10.1. The van der Waals surface area contributed by atoms with E-state index in [4.69, 9.17) is 9.47 Å². The predicted octanol–water partition coefficient (Wildman–Crippen LogP) is 5.42. The van der Waals surface area contributed by atoms with Crippen molar-refractivity contribution in [1.82, 2.24) is 14.5 Å². The zero-order valence-electron chi connectivity index (χ0n) is 21.1. The van der Waals surface area contributed by atoms with Crippen LogP contribution in [0.1, 0.15) is 48.3 Å². The number of rotatable bonds is 3. The summed E-state index contributed by atoms with van der Waals surface area (Å²) in [4.78, 5) is 32.0. The van der Waals surface area contributed by atoms with Crippen molar-refractivity contribution in [3.05, 3.63) is 59.2 Å². The fraction of sp³-hybridized carbons (Fsp3) is 0.423. The topological polar surface area (TPSA) is 85.7 Å². The van der Waals surface area contributed by atoms with Crippen molar-refractivity contribution < 1.29 is 32.2 Å². The van der Waals surface area contributed by atoms with Crippen LogP contribution in [0.15, 0.2) is 42.5 Å². The van der Waals surface area contributed by atoms with Gasteiger partial charge in [0.05, 0.1) is 35.9 Å². The Kier molecular flexibility index (Phi) is 7.18. The first-order valence-corrected chi connectivity index (χ1v) is 11.9. The summed E-state index contributed by atoms with van der Waals surface area (Å²) in [5.74, 6) is -0.592. The number of nitrogens with one attached hydrogen (secondary N) is 1. The molecule has 11 heteroatoms. The van der Waals surface area contributed by atoms with Gasteiger partial charge in [0.25, 0.3) is 5.91 Å². The number of hydrogen-bond donors (Lipinski definition) is 1. The number of alkyl halides is 3. The first-order chi connectivity index (χ1) is 17.3. The number of amides is 2. The molecule has 1 aromatic heterocycles. The number of carbonyl (C=O) groups is 2. The van der Waals surface area contributed by atoms with E-state index >= 15 is 0 Å². The average molecular weight is 519 g/mol. The number of ether oxygens (including phenoxy) is 2. The number of anilines is 1. The predicted molar refractivity (Wildman–Crippen MR) is 132 cm³/mol. The normalized spacial score (nSPS) is 16.9. The van der Waals surface area contributed by atoms with Gasteiger partial charge in [-0.1, -0.05) is 18.2 Å². The van der Waals surface area contributed by atoms with Gasteiger partial charge in [-0.15, -0.1) is 0 Å². The first-order valence-electron chi connectivity index (χ1n) is 11.9. The van der Waals surface area contributed by atoms with Crippen molar-refractivity contribution in [3.8, 4) is 0 Å². The summed E-state index contributed by atoms with van der Waals surface area (Å²) in [6, 6.07) is 9.24. The minimum Gasteiger partial charge on any atom is -0.444 e. The van der Waals surface area contributed by atoms with E-state index in [1.54, 1.807) is 36.3 Å². The number of nitrogens with zero attached hydrogens (tertiary/aromatic N) is 3. The van der Waals surface area contributed by atoms with Crippen molar-refractivity contribution >= 4 is 29.0 Å². The Bertz CT molecular complexity index is 1310. The summed E-state index contributed by atoms with van der Waals surface area (Å²) in [6.07, 6.45) is -5.07. The lowest BCUT2D eigenvalue weighted by Gasteiger charge is -2.29. The van der Waals surface area contributed by atoms with E-state index < -0.39 is 35.4 Å². The number of aryl methyl sites for hydroxylation is 1. The molecule has 1 N–H and O–H groups in total. The highest BCUT2D eigenvalue weighted by Gasteiger charge is 2.32. The molecule has 2 amide bonds. The molecule has 2 aromatic carbocycles. The van der Waals surface area contributed by atoms with Gasteiger partial charge in [0.1, 0.15) is 5.60 Å². The molecule has 0 spiro atoms. The molecule has 1 aliphatic rings. The lowest BCUT2D eigenvalue weighted by Crippen LogP contribution is -2.40. The van der Waals surface area contributed by atoms with E-state index in [-0.39, 0.29) is 24.7 Å². The van der Waals surface area contributed by atoms with Gasteiger partial charge in [-0.25, -0.2) is 9.78 Å². The molecule has 3 aromatic rings. The van der Waals surface area contributed by atoms with E-state index in [0.29, 0.717) is 18.7 Å². The first kappa shape index (κ1) is 26.5. The number of aromatic nitrogens is 2. The summed E-state index contributed by atoms with van der Waals surface area (Å²) >= 11 is 0. The largest absolute Gasteiger partial charge is 0.444 e. The third kappa shape index (κ3) is 6.04. The van der Waals surface area contributed by atoms with Gasteiger partial charge in [-0.2, -0.15) is 13.2 Å². The number of hydrogen-bond acceptors (Lipinski definition) is 5. The smallest absolute Gasteiger partial charge is 0.416 e. The van der Waals surface area contributed by atoms with Crippen LogP contribution < -0.4 is 5.32 Å². The van der Waals surface area contributed by atoms with Gasteiger partial charge in [0.2, 0.25) is 5.95 Å². The molecule has 198 valence electrons. The van der Waals surface area contributed by atoms with Crippen molar-refractivity contribution in [1.29, 1.82) is 0 Å². The van der Waals surface area contributed by atoms with Crippen molar-refractivity contribution in [2.45, 2.75) is 45.5 Å². The van der Waals surface area contributed by atoms with Crippen LogP contribution in [-0.4, -0.2) is 58.4 Å². The van der Waals surface area contributed by atoms with Gasteiger partial charge >= 0.3 is 12.3 Å².